The first-order valence-electron chi connectivity index (χ1n) is 8.60. The largest absolute Gasteiger partial charge is 0.355 e. The minimum absolute atomic E-state index is 0. The molecule has 2 aromatic carbocycles. The Hall–Kier alpha value is -2.25. The number of aliphatic imine (C=N–C) groups is 1. The van der Waals surface area contributed by atoms with Gasteiger partial charge in [0, 0.05) is 32.3 Å². The van der Waals surface area contributed by atoms with Crippen LogP contribution >= 0.6 is 24.0 Å². The van der Waals surface area contributed by atoms with Crippen molar-refractivity contribution in [1.82, 2.24) is 15.4 Å². The number of nitrogens with zero attached hydrogens (tertiary/aromatic N) is 2. The van der Waals surface area contributed by atoms with E-state index in [0.717, 1.165) is 11.6 Å². The van der Waals surface area contributed by atoms with Crippen LogP contribution in [0, 0.1) is 10.1 Å². The summed E-state index contributed by atoms with van der Waals surface area (Å²) in [5.41, 5.74) is 0.817. The van der Waals surface area contributed by atoms with Gasteiger partial charge in [-0.25, -0.2) is 13.1 Å². The van der Waals surface area contributed by atoms with E-state index in [-0.39, 0.29) is 53.7 Å². The number of hydrogen-bond donors (Lipinski definition) is 3. The molecule has 0 spiro atoms. The molecule has 0 amide bonds. The molecule has 0 aliphatic rings. The molecule has 1 atom stereocenters. The zero-order valence-corrected chi connectivity index (χ0v) is 19.2. The first-order valence-corrected chi connectivity index (χ1v) is 10.1. The lowest BCUT2D eigenvalue weighted by Gasteiger charge is -2.18. The number of nitro groups is 1. The van der Waals surface area contributed by atoms with Crippen molar-refractivity contribution in [2.24, 2.45) is 4.99 Å². The van der Waals surface area contributed by atoms with Crippen molar-refractivity contribution in [3.63, 3.8) is 0 Å². The van der Waals surface area contributed by atoms with E-state index in [9.17, 15) is 18.5 Å². The van der Waals surface area contributed by atoms with E-state index in [1.54, 1.807) is 7.05 Å². The molecule has 0 aliphatic carbocycles. The smallest absolute Gasteiger partial charge is 0.270 e. The van der Waals surface area contributed by atoms with Crippen LogP contribution < -0.4 is 15.4 Å². The summed E-state index contributed by atoms with van der Waals surface area (Å²) in [4.78, 5) is 14.1. The Morgan fingerprint density at radius 1 is 1.14 bits per heavy atom. The minimum atomic E-state index is -3.84. The van der Waals surface area contributed by atoms with Crippen molar-refractivity contribution < 1.29 is 13.3 Å². The first-order chi connectivity index (χ1) is 13.3. The quantitative estimate of drug-likeness (QED) is 0.120. The molecular formula is C18H24IN5O4S. The van der Waals surface area contributed by atoms with Gasteiger partial charge in [0.1, 0.15) is 0 Å². The van der Waals surface area contributed by atoms with Crippen LogP contribution in [0.25, 0.3) is 0 Å². The number of nitrogens with one attached hydrogen (secondary N) is 3. The molecule has 2 rings (SSSR count). The predicted octanol–water partition coefficient (Wildman–Crippen LogP) is 2.42. The van der Waals surface area contributed by atoms with Gasteiger partial charge in [-0.05, 0) is 18.6 Å². The lowest BCUT2D eigenvalue weighted by atomic mass is 10.1. The summed E-state index contributed by atoms with van der Waals surface area (Å²) in [5.74, 6) is 0.533. The molecular weight excluding hydrogens is 509 g/mol. The molecule has 158 valence electrons. The predicted molar refractivity (Wildman–Crippen MR) is 123 cm³/mol. The molecule has 0 saturated heterocycles. The second-order valence-corrected chi connectivity index (χ2v) is 7.69. The second kappa shape index (κ2) is 11.7. The van der Waals surface area contributed by atoms with Crippen LogP contribution in [0.15, 0.2) is 64.5 Å². The van der Waals surface area contributed by atoms with Gasteiger partial charge in [-0.2, -0.15) is 0 Å². The molecule has 0 radical (unpaired) electrons. The average Bonchev–Trinajstić information content (AvgIpc) is 2.70. The fourth-order valence-corrected chi connectivity index (χ4v) is 3.51. The summed E-state index contributed by atoms with van der Waals surface area (Å²) < 4.78 is 27.0. The van der Waals surface area contributed by atoms with Gasteiger partial charge in [0.05, 0.1) is 15.9 Å². The molecule has 3 N–H and O–H groups in total. The lowest BCUT2D eigenvalue weighted by molar-refractivity contribution is -0.385. The normalized spacial score (nSPS) is 12.6. The molecule has 0 aliphatic heterocycles. The van der Waals surface area contributed by atoms with Gasteiger partial charge in [0.25, 0.3) is 5.69 Å². The van der Waals surface area contributed by atoms with Crippen LogP contribution in [0.4, 0.5) is 5.69 Å². The maximum absolute atomic E-state index is 12.3. The first kappa shape index (κ1) is 24.8. The number of non-ortho nitro benzene ring substituents is 1. The standard InChI is InChI=1S/C18H23N5O4S.HI/c1-14(15-7-4-3-5-8-15)22-18(19-2)20-11-12-21-28(26,27)17-10-6-9-16(13-17)23(24)25;/h3-10,13-14,21H,11-12H2,1-2H3,(H2,19,20,22);1H. The third-order valence-corrected chi connectivity index (χ3v) is 5.38. The Bertz CT molecular complexity index is 938. The van der Waals surface area contributed by atoms with E-state index < -0.39 is 14.9 Å². The molecule has 29 heavy (non-hydrogen) atoms. The van der Waals surface area contributed by atoms with E-state index in [0.29, 0.717) is 5.96 Å². The molecule has 11 heteroatoms. The number of sulfonamides is 1. The Labute approximate surface area is 187 Å². The SMILES string of the molecule is CN=C(NCCNS(=O)(=O)c1cccc([N+](=O)[O-])c1)NC(C)c1ccccc1.I. The van der Waals surface area contributed by atoms with Crippen molar-refractivity contribution in [2.45, 2.75) is 17.9 Å². The lowest BCUT2D eigenvalue weighted by Crippen LogP contribution is -2.42. The summed E-state index contributed by atoms with van der Waals surface area (Å²) in [6.45, 7) is 2.37. The van der Waals surface area contributed by atoms with Gasteiger partial charge in [0.2, 0.25) is 10.0 Å². The summed E-state index contributed by atoms with van der Waals surface area (Å²) in [6, 6.07) is 14.8. The number of benzene rings is 2. The van der Waals surface area contributed by atoms with E-state index in [1.807, 2.05) is 37.3 Å². The Morgan fingerprint density at radius 2 is 1.83 bits per heavy atom. The summed E-state index contributed by atoms with van der Waals surface area (Å²) in [6.07, 6.45) is 0. The molecule has 0 saturated carbocycles. The van der Waals surface area contributed by atoms with Crippen LogP contribution in [0.5, 0.6) is 0 Å². The van der Waals surface area contributed by atoms with Gasteiger partial charge < -0.3 is 10.6 Å². The van der Waals surface area contributed by atoms with Crippen LogP contribution in [0.1, 0.15) is 18.5 Å². The highest BCUT2D eigenvalue weighted by Gasteiger charge is 2.17. The van der Waals surface area contributed by atoms with E-state index >= 15 is 0 Å². The highest BCUT2D eigenvalue weighted by atomic mass is 127. The molecule has 1 unspecified atom stereocenters. The van der Waals surface area contributed by atoms with Crippen molar-refractivity contribution in [3.05, 3.63) is 70.3 Å². The van der Waals surface area contributed by atoms with Gasteiger partial charge in [-0.3, -0.25) is 15.1 Å². The number of nitro benzene ring substituents is 1. The van der Waals surface area contributed by atoms with Crippen LogP contribution in [-0.2, 0) is 10.0 Å². The summed E-state index contributed by atoms with van der Waals surface area (Å²) in [7, 11) is -2.22. The number of halogens is 1. The molecule has 9 nitrogen and oxygen atoms in total. The zero-order valence-electron chi connectivity index (χ0n) is 16.0. The molecule has 2 aromatic rings. The van der Waals surface area contributed by atoms with Gasteiger partial charge in [-0.15, -0.1) is 24.0 Å². The summed E-state index contributed by atoms with van der Waals surface area (Å²) in [5, 5.41) is 17.0. The maximum atomic E-state index is 12.3. The minimum Gasteiger partial charge on any atom is -0.355 e. The average molecular weight is 533 g/mol. The van der Waals surface area contributed by atoms with Gasteiger partial charge in [-0.1, -0.05) is 36.4 Å². The monoisotopic (exact) mass is 533 g/mol. The third kappa shape index (κ3) is 7.59. The van der Waals surface area contributed by atoms with E-state index in [4.69, 9.17) is 0 Å². The van der Waals surface area contributed by atoms with Gasteiger partial charge >= 0.3 is 0 Å². The van der Waals surface area contributed by atoms with E-state index in [2.05, 4.69) is 20.3 Å². The number of guanidine groups is 1. The van der Waals surface area contributed by atoms with Crippen molar-refractivity contribution in [2.75, 3.05) is 20.1 Å². The molecule has 0 bridgehead atoms. The highest BCUT2D eigenvalue weighted by Crippen LogP contribution is 2.16. The number of hydrogen-bond acceptors (Lipinski definition) is 5. The van der Waals surface area contributed by atoms with E-state index in [1.165, 1.54) is 18.2 Å². The van der Waals surface area contributed by atoms with Crippen LogP contribution in [0.3, 0.4) is 0 Å². The fraction of sp³-hybridized carbons (Fsp3) is 0.278. The number of rotatable bonds is 8. The van der Waals surface area contributed by atoms with Crippen LogP contribution in [0.2, 0.25) is 0 Å². The zero-order chi connectivity index (χ0) is 20.6. The third-order valence-electron chi connectivity index (χ3n) is 3.92. The Morgan fingerprint density at radius 3 is 2.45 bits per heavy atom. The van der Waals surface area contributed by atoms with Crippen molar-refractivity contribution in [3.8, 4) is 0 Å². The molecule has 0 fully saturated rings. The Balaban J connectivity index is 0.00000420. The topological polar surface area (TPSA) is 126 Å². The van der Waals surface area contributed by atoms with Crippen LogP contribution in [-0.4, -0.2) is 39.4 Å². The fourth-order valence-electron chi connectivity index (χ4n) is 2.44. The maximum Gasteiger partial charge on any atom is 0.270 e. The Kier molecular flexibility index (Phi) is 9.98. The summed E-state index contributed by atoms with van der Waals surface area (Å²) >= 11 is 0. The molecule has 0 heterocycles. The second-order valence-electron chi connectivity index (χ2n) is 5.93. The van der Waals surface area contributed by atoms with Crippen molar-refractivity contribution in [1.29, 1.82) is 0 Å². The highest BCUT2D eigenvalue weighted by molar-refractivity contribution is 14.0. The van der Waals surface area contributed by atoms with Crippen molar-refractivity contribution >= 4 is 45.6 Å². The van der Waals surface area contributed by atoms with Gasteiger partial charge in [0.15, 0.2) is 5.96 Å². The molecule has 0 aromatic heterocycles.